The van der Waals surface area contributed by atoms with Gasteiger partial charge >= 0.3 is 0 Å². The Bertz CT molecular complexity index is 403. The predicted octanol–water partition coefficient (Wildman–Crippen LogP) is 3.03. The van der Waals surface area contributed by atoms with Crippen molar-refractivity contribution in [3.63, 3.8) is 0 Å². The minimum atomic E-state index is 0.475. The van der Waals surface area contributed by atoms with Crippen LogP contribution < -0.4 is 5.32 Å². The third kappa shape index (κ3) is 1.90. The van der Waals surface area contributed by atoms with Gasteiger partial charge in [0.05, 0.1) is 17.9 Å². The normalized spacial score (nSPS) is 17.6. The second kappa shape index (κ2) is 3.70. The molecule has 1 unspecified atom stereocenters. The Morgan fingerprint density at radius 1 is 1.53 bits per heavy atom. The Balaban J connectivity index is 1.80. The van der Waals surface area contributed by atoms with Crippen LogP contribution in [0.3, 0.4) is 0 Å². The molecule has 2 heterocycles. The van der Waals surface area contributed by atoms with Gasteiger partial charge in [-0.2, -0.15) is 5.10 Å². The predicted molar refractivity (Wildman–Crippen MR) is 62.0 cm³/mol. The van der Waals surface area contributed by atoms with E-state index in [4.69, 9.17) is 0 Å². The number of H-pyrrole nitrogens is 1. The number of hydrogen-bond donors (Lipinski definition) is 2. The molecule has 3 rings (SSSR count). The highest BCUT2D eigenvalue weighted by Gasteiger charge is 2.32. The van der Waals surface area contributed by atoms with Crippen LogP contribution in [0.15, 0.2) is 29.9 Å². The number of nitrogens with zero attached hydrogens (tertiary/aromatic N) is 1. The maximum atomic E-state index is 3.95. The molecule has 0 aromatic carbocycles. The number of thiophene rings is 1. The van der Waals surface area contributed by atoms with Crippen LogP contribution in [0.1, 0.15) is 23.8 Å². The topological polar surface area (TPSA) is 40.7 Å². The Morgan fingerprint density at radius 2 is 2.47 bits per heavy atom. The summed E-state index contributed by atoms with van der Waals surface area (Å²) in [6, 6.07) is 4.80. The molecule has 1 fully saturated rings. The zero-order chi connectivity index (χ0) is 10.1. The fraction of sp³-hybridized carbons (Fsp3) is 0.364. The van der Waals surface area contributed by atoms with Gasteiger partial charge in [0, 0.05) is 11.1 Å². The Kier molecular flexibility index (Phi) is 2.21. The van der Waals surface area contributed by atoms with Crippen molar-refractivity contribution < 1.29 is 0 Å². The summed E-state index contributed by atoms with van der Waals surface area (Å²) in [6.45, 7) is 0. The molecule has 15 heavy (non-hydrogen) atoms. The summed E-state index contributed by atoms with van der Waals surface area (Å²) in [5, 5.41) is 12.5. The lowest BCUT2D eigenvalue weighted by Gasteiger charge is -2.16. The molecule has 78 valence electrons. The van der Waals surface area contributed by atoms with E-state index in [0.29, 0.717) is 6.04 Å². The zero-order valence-electron chi connectivity index (χ0n) is 8.31. The number of rotatable bonds is 4. The molecular weight excluding hydrogens is 206 g/mol. The average Bonchev–Trinajstić information content (AvgIpc) is 2.78. The van der Waals surface area contributed by atoms with Gasteiger partial charge in [-0.1, -0.05) is 6.07 Å². The summed E-state index contributed by atoms with van der Waals surface area (Å²) in [6.07, 6.45) is 6.42. The highest BCUT2D eigenvalue weighted by atomic mass is 32.1. The highest BCUT2D eigenvalue weighted by Crippen LogP contribution is 2.43. The maximum absolute atomic E-state index is 3.95. The Morgan fingerprint density at radius 3 is 3.07 bits per heavy atom. The minimum Gasteiger partial charge on any atom is -0.375 e. The standard InChI is InChI=1S/C11H13N3S/c1-2-10(15-5-1)11(8-3-4-8)14-9-6-12-13-7-9/h1-2,5-8,11,14H,3-4H2,(H,12,13). The summed E-state index contributed by atoms with van der Waals surface area (Å²) in [5.41, 5.74) is 1.08. The van der Waals surface area contributed by atoms with E-state index in [1.165, 1.54) is 17.7 Å². The lowest BCUT2D eigenvalue weighted by molar-refractivity contribution is 0.691. The smallest absolute Gasteiger partial charge is 0.0728 e. The second-order valence-electron chi connectivity index (χ2n) is 3.96. The van der Waals surface area contributed by atoms with Crippen LogP contribution in [0.5, 0.6) is 0 Å². The van der Waals surface area contributed by atoms with Gasteiger partial charge in [-0.3, -0.25) is 5.10 Å². The van der Waals surface area contributed by atoms with Gasteiger partial charge in [-0.25, -0.2) is 0 Å². The lowest BCUT2D eigenvalue weighted by Crippen LogP contribution is -2.10. The first-order valence-electron chi connectivity index (χ1n) is 5.22. The molecule has 1 aliphatic rings. The molecule has 0 radical (unpaired) electrons. The van der Waals surface area contributed by atoms with E-state index in [0.717, 1.165) is 11.6 Å². The molecule has 0 saturated heterocycles. The van der Waals surface area contributed by atoms with E-state index in [-0.39, 0.29) is 0 Å². The van der Waals surface area contributed by atoms with E-state index in [9.17, 15) is 0 Å². The van der Waals surface area contributed by atoms with Crippen molar-refractivity contribution in [3.8, 4) is 0 Å². The number of anilines is 1. The van der Waals surface area contributed by atoms with Crippen molar-refractivity contribution in [2.75, 3.05) is 5.32 Å². The molecule has 2 aromatic heterocycles. The summed E-state index contributed by atoms with van der Waals surface area (Å²) in [5.74, 6) is 0.804. The van der Waals surface area contributed by atoms with Crippen molar-refractivity contribution >= 4 is 17.0 Å². The number of nitrogens with one attached hydrogen (secondary N) is 2. The fourth-order valence-electron chi connectivity index (χ4n) is 1.83. The van der Waals surface area contributed by atoms with Crippen LogP contribution in [0.4, 0.5) is 5.69 Å². The van der Waals surface area contributed by atoms with Crippen molar-refractivity contribution in [1.29, 1.82) is 0 Å². The molecule has 0 aliphatic heterocycles. The summed E-state index contributed by atoms with van der Waals surface area (Å²) in [4.78, 5) is 1.43. The van der Waals surface area contributed by atoms with Gasteiger partial charge in [-0.15, -0.1) is 11.3 Å². The number of aromatic amines is 1. The molecule has 2 N–H and O–H groups in total. The third-order valence-electron chi connectivity index (χ3n) is 2.76. The molecule has 0 amide bonds. The lowest BCUT2D eigenvalue weighted by atomic mass is 10.1. The molecule has 3 nitrogen and oxygen atoms in total. The summed E-state index contributed by atoms with van der Waals surface area (Å²) in [7, 11) is 0. The van der Waals surface area contributed by atoms with E-state index in [1.54, 1.807) is 0 Å². The SMILES string of the molecule is c1csc(C(Nc2cn[nH]c2)C2CC2)c1. The Labute approximate surface area is 92.5 Å². The third-order valence-corrected chi connectivity index (χ3v) is 3.72. The van der Waals surface area contributed by atoms with Gasteiger partial charge in [0.25, 0.3) is 0 Å². The van der Waals surface area contributed by atoms with Gasteiger partial charge < -0.3 is 5.32 Å². The zero-order valence-corrected chi connectivity index (χ0v) is 9.13. The molecule has 4 heteroatoms. The molecule has 0 bridgehead atoms. The van der Waals surface area contributed by atoms with Gasteiger partial charge in [0.15, 0.2) is 0 Å². The molecule has 1 saturated carbocycles. The van der Waals surface area contributed by atoms with Crippen molar-refractivity contribution in [3.05, 3.63) is 34.8 Å². The van der Waals surface area contributed by atoms with E-state index in [2.05, 4.69) is 33.0 Å². The molecule has 1 atom stereocenters. The van der Waals surface area contributed by atoms with Crippen molar-refractivity contribution in [1.82, 2.24) is 10.2 Å². The molecule has 0 spiro atoms. The van der Waals surface area contributed by atoms with Crippen LogP contribution >= 0.6 is 11.3 Å². The van der Waals surface area contributed by atoms with Gasteiger partial charge in [0.1, 0.15) is 0 Å². The van der Waals surface area contributed by atoms with Crippen LogP contribution in [0.25, 0.3) is 0 Å². The van der Waals surface area contributed by atoms with Crippen LogP contribution in [0.2, 0.25) is 0 Å². The van der Waals surface area contributed by atoms with Crippen molar-refractivity contribution in [2.24, 2.45) is 5.92 Å². The molecular formula is C11H13N3S. The highest BCUT2D eigenvalue weighted by molar-refractivity contribution is 7.10. The van der Waals surface area contributed by atoms with Gasteiger partial charge in [-0.05, 0) is 30.2 Å². The van der Waals surface area contributed by atoms with Crippen LogP contribution in [-0.2, 0) is 0 Å². The number of aromatic nitrogens is 2. The van der Waals surface area contributed by atoms with E-state index >= 15 is 0 Å². The van der Waals surface area contributed by atoms with Gasteiger partial charge in [0.2, 0.25) is 0 Å². The van der Waals surface area contributed by atoms with Crippen LogP contribution in [-0.4, -0.2) is 10.2 Å². The quantitative estimate of drug-likeness (QED) is 0.829. The Hall–Kier alpha value is -1.29. The van der Waals surface area contributed by atoms with E-state index < -0.39 is 0 Å². The van der Waals surface area contributed by atoms with Crippen molar-refractivity contribution in [2.45, 2.75) is 18.9 Å². The minimum absolute atomic E-state index is 0.475. The van der Waals surface area contributed by atoms with Crippen LogP contribution in [0, 0.1) is 5.92 Å². The molecule has 2 aromatic rings. The number of hydrogen-bond acceptors (Lipinski definition) is 3. The monoisotopic (exact) mass is 219 g/mol. The summed E-state index contributed by atoms with van der Waals surface area (Å²) >= 11 is 1.83. The first-order valence-corrected chi connectivity index (χ1v) is 6.10. The molecule has 1 aliphatic carbocycles. The first kappa shape index (κ1) is 8.97. The fourth-order valence-corrected chi connectivity index (χ4v) is 2.70. The van der Waals surface area contributed by atoms with E-state index in [1.807, 2.05) is 23.7 Å². The summed E-state index contributed by atoms with van der Waals surface area (Å²) < 4.78 is 0. The first-order chi connectivity index (χ1) is 7.43. The average molecular weight is 219 g/mol. The largest absolute Gasteiger partial charge is 0.375 e. The second-order valence-corrected chi connectivity index (χ2v) is 4.94. The maximum Gasteiger partial charge on any atom is 0.0728 e.